The fraction of sp³-hybridized carbons (Fsp3) is 0.952. The van der Waals surface area contributed by atoms with E-state index in [-0.39, 0.29) is 26.2 Å². The van der Waals surface area contributed by atoms with E-state index in [4.69, 9.17) is 13.8 Å². The Bertz CT molecular complexity index is 471. The van der Waals surface area contributed by atoms with E-state index in [9.17, 15) is 14.3 Å². The number of nitrogens with one attached hydrogen (secondary N) is 1. The molecule has 0 aliphatic carbocycles. The zero-order valence-corrected chi connectivity index (χ0v) is 20.6. The minimum absolute atomic E-state index is 0.0716. The predicted octanol–water partition coefficient (Wildman–Crippen LogP) is 4.23. The van der Waals surface area contributed by atoms with E-state index in [1.165, 1.54) is 51.4 Å². The molecule has 0 saturated heterocycles. The van der Waals surface area contributed by atoms with Gasteiger partial charge in [-0.3, -0.25) is 4.57 Å². The fourth-order valence-electron chi connectivity index (χ4n) is 2.72. The van der Waals surface area contributed by atoms with Crippen LogP contribution in [0.4, 0.5) is 4.79 Å². The number of phosphoric acid groups is 1. The van der Waals surface area contributed by atoms with E-state index < -0.39 is 13.9 Å². The number of ether oxygens (including phenoxy) is 1. The molecule has 0 aliphatic rings. The molecule has 0 radical (unpaired) electrons. The zero-order chi connectivity index (χ0) is 22.7. The van der Waals surface area contributed by atoms with Crippen LogP contribution >= 0.6 is 7.82 Å². The lowest BCUT2D eigenvalue weighted by Crippen LogP contribution is -2.37. The second kappa shape index (κ2) is 18.0. The number of unbranched alkanes of at least 4 members (excludes halogenated alkanes) is 9. The molecule has 1 atom stereocenters. The molecule has 0 spiro atoms. The van der Waals surface area contributed by atoms with Crippen molar-refractivity contribution in [1.82, 2.24) is 5.32 Å². The average molecular weight is 453 g/mol. The van der Waals surface area contributed by atoms with Gasteiger partial charge in [-0.2, -0.15) is 0 Å². The van der Waals surface area contributed by atoms with Gasteiger partial charge in [0.15, 0.2) is 0 Å². The quantitative estimate of drug-likeness (QED) is 0.169. The largest absolute Gasteiger partial charge is 0.756 e. The number of quaternary nitrogens is 1. The molecular formula is C21H45N2O6P. The molecular weight excluding hydrogens is 407 g/mol. The number of phosphoric ester groups is 1. The zero-order valence-electron chi connectivity index (χ0n) is 19.7. The molecule has 0 aromatic rings. The normalized spacial score (nSPS) is 13.8. The second-order valence-electron chi connectivity index (χ2n) is 8.73. The summed E-state index contributed by atoms with van der Waals surface area (Å²) in [6.45, 7) is 3.48. The fourth-order valence-corrected chi connectivity index (χ4v) is 3.45. The Morgan fingerprint density at radius 1 is 0.833 bits per heavy atom. The van der Waals surface area contributed by atoms with Gasteiger partial charge in [0, 0.05) is 13.0 Å². The van der Waals surface area contributed by atoms with Crippen molar-refractivity contribution in [2.45, 2.75) is 77.6 Å². The molecule has 1 amide bonds. The van der Waals surface area contributed by atoms with Gasteiger partial charge in [0.2, 0.25) is 0 Å². The van der Waals surface area contributed by atoms with Crippen molar-refractivity contribution in [3.8, 4) is 0 Å². The van der Waals surface area contributed by atoms with Crippen LogP contribution in [-0.4, -0.2) is 64.6 Å². The number of hydrogen-bond donors (Lipinski definition) is 1. The summed E-state index contributed by atoms with van der Waals surface area (Å²) in [7, 11) is 1.53. The van der Waals surface area contributed by atoms with Gasteiger partial charge in [-0.15, -0.1) is 0 Å². The maximum absolute atomic E-state index is 11.6. The van der Waals surface area contributed by atoms with Gasteiger partial charge in [-0.25, -0.2) is 4.79 Å². The first-order valence-electron chi connectivity index (χ1n) is 11.5. The Kier molecular flexibility index (Phi) is 17.6. The highest BCUT2D eigenvalue weighted by Gasteiger charge is 2.13. The Morgan fingerprint density at radius 3 is 1.93 bits per heavy atom. The Balaban J connectivity index is 3.46. The van der Waals surface area contributed by atoms with Crippen LogP contribution in [0.5, 0.6) is 0 Å². The summed E-state index contributed by atoms with van der Waals surface area (Å²) < 4.78 is 26.8. The van der Waals surface area contributed by atoms with Crippen molar-refractivity contribution < 1.29 is 32.5 Å². The molecule has 0 rings (SSSR count). The number of alkyl carbamates (subject to hydrolysis) is 1. The molecule has 30 heavy (non-hydrogen) atoms. The van der Waals surface area contributed by atoms with Gasteiger partial charge >= 0.3 is 6.09 Å². The van der Waals surface area contributed by atoms with Crippen LogP contribution < -0.4 is 10.2 Å². The van der Waals surface area contributed by atoms with Crippen LogP contribution in [0.2, 0.25) is 0 Å². The smallest absolute Gasteiger partial charge is 0.407 e. The predicted molar refractivity (Wildman–Crippen MR) is 118 cm³/mol. The highest BCUT2D eigenvalue weighted by atomic mass is 31.2. The molecule has 0 bridgehead atoms. The average Bonchev–Trinajstić information content (AvgIpc) is 2.64. The maximum Gasteiger partial charge on any atom is 0.407 e. The summed E-state index contributed by atoms with van der Waals surface area (Å²) in [6, 6.07) is 0. The van der Waals surface area contributed by atoms with Crippen LogP contribution in [0.15, 0.2) is 0 Å². The Labute approximate surface area is 183 Å². The highest BCUT2D eigenvalue weighted by Crippen LogP contribution is 2.38. The van der Waals surface area contributed by atoms with E-state index in [0.29, 0.717) is 17.6 Å². The van der Waals surface area contributed by atoms with Gasteiger partial charge in [0.05, 0.1) is 34.4 Å². The Morgan fingerprint density at radius 2 is 1.37 bits per heavy atom. The van der Waals surface area contributed by atoms with E-state index in [1.807, 2.05) is 21.1 Å². The summed E-state index contributed by atoms with van der Waals surface area (Å²) in [4.78, 5) is 23.2. The summed E-state index contributed by atoms with van der Waals surface area (Å²) in [5.74, 6) is 0. The summed E-state index contributed by atoms with van der Waals surface area (Å²) >= 11 is 0. The van der Waals surface area contributed by atoms with E-state index in [0.717, 1.165) is 12.8 Å². The number of carbonyl (C=O) groups is 1. The SMILES string of the molecule is CCCCCCCCCCCCNC(=O)OCCCOP(=O)([O-])OCC[N+](C)(C)C. The van der Waals surface area contributed by atoms with Crippen molar-refractivity contribution in [2.24, 2.45) is 0 Å². The Hall–Kier alpha value is -0.660. The van der Waals surface area contributed by atoms with E-state index in [2.05, 4.69) is 12.2 Å². The molecule has 0 aromatic carbocycles. The molecule has 9 heteroatoms. The van der Waals surface area contributed by atoms with Crippen molar-refractivity contribution in [3.63, 3.8) is 0 Å². The molecule has 180 valence electrons. The van der Waals surface area contributed by atoms with Crippen LogP contribution in [0.1, 0.15) is 77.6 Å². The van der Waals surface area contributed by atoms with Gasteiger partial charge in [-0.05, 0) is 6.42 Å². The summed E-state index contributed by atoms with van der Waals surface area (Å²) in [5.41, 5.74) is 0. The molecule has 0 heterocycles. The van der Waals surface area contributed by atoms with Gasteiger partial charge in [-0.1, -0.05) is 64.7 Å². The third-order valence-corrected chi connectivity index (χ3v) is 5.58. The number of likely N-dealkylation sites (N-methyl/N-ethyl adjacent to an activating group) is 1. The second-order valence-corrected chi connectivity index (χ2v) is 10.1. The number of rotatable bonds is 20. The molecule has 1 unspecified atom stereocenters. The first-order chi connectivity index (χ1) is 14.2. The monoisotopic (exact) mass is 452 g/mol. The third-order valence-electron chi connectivity index (χ3n) is 4.58. The van der Waals surface area contributed by atoms with Crippen LogP contribution in [0.3, 0.4) is 0 Å². The van der Waals surface area contributed by atoms with Crippen molar-refractivity contribution in [3.05, 3.63) is 0 Å². The number of amides is 1. The molecule has 0 fully saturated rings. The van der Waals surface area contributed by atoms with Crippen LogP contribution in [-0.2, 0) is 18.3 Å². The minimum atomic E-state index is -4.30. The molecule has 0 aromatic heterocycles. The summed E-state index contributed by atoms with van der Waals surface area (Å²) in [6.07, 6.45) is 12.3. The molecule has 8 nitrogen and oxygen atoms in total. The lowest BCUT2D eigenvalue weighted by Gasteiger charge is -2.27. The highest BCUT2D eigenvalue weighted by molar-refractivity contribution is 7.45. The number of hydrogen-bond acceptors (Lipinski definition) is 6. The van der Waals surface area contributed by atoms with Crippen molar-refractivity contribution in [2.75, 3.05) is 54.1 Å². The van der Waals surface area contributed by atoms with Crippen molar-refractivity contribution in [1.29, 1.82) is 0 Å². The van der Waals surface area contributed by atoms with E-state index in [1.54, 1.807) is 0 Å². The first-order valence-corrected chi connectivity index (χ1v) is 12.9. The maximum atomic E-state index is 11.6. The van der Waals surface area contributed by atoms with Crippen LogP contribution in [0.25, 0.3) is 0 Å². The van der Waals surface area contributed by atoms with Crippen molar-refractivity contribution >= 4 is 13.9 Å². The van der Waals surface area contributed by atoms with Crippen LogP contribution in [0, 0.1) is 0 Å². The molecule has 1 N–H and O–H groups in total. The van der Waals surface area contributed by atoms with Gasteiger partial charge in [0.1, 0.15) is 13.2 Å². The van der Waals surface area contributed by atoms with Gasteiger partial charge < -0.3 is 28.5 Å². The number of nitrogens with zero attached hydrogens (tertiary/aromatic N) is 1. The van der Waals surface area contributed by atoms with E-state index >= 15 is 0 Å². The standard InChI is InChI=1S/C21H45N2O6P/c1-5-6-7-8-9-10-11-12-13-14-16-22-21(24)27-18-15-19-28-30(25,26)29-20-17-23(2,3)4/h5-20H2,1-4H3,(H-,22,24,25,26). The molecule has 0 aliphatic heterocycles. The number of carbonyl (C=O) groups excluding carboxylic acids is 1. The third kappa shape index (κ3) is 22.0. The summed E-state index contributed by atoms with van der Waals surface area (Å²) in [5, 5.41) is 2.71. The lowest BCUT2D eigenvalue weighted by molar-refractivity contribution is -0.870. The first kappa shape index (κ1) is 29.3. The van der Waals surface area contributed by atoms with Gasteiger partial charge in [0.25, 0.3) is 7.82 Å². The topological polar surface area (TPSA) is 96.9 Å². The molecule has 0 saturated carbocycles. The minimum Gasteiger partial charge on any atom is -0.756 e. The lowest BCUT2D eigenvalue weighted by atomic mass is 10.1.